The Balaban J connectivity index is 1.94. The van der Waals surface area contributed by atoms with E-state index in [1.54, 1.807) is 12.1 Å². The van der Waals surface area contributed by atoms with Gasteiger partial charge in [0.2, 0.25) is 10.0 Å². The Bertz CT molecular complexity index is 586. The van der Waals surface area contributed by atoms with Gasteiger partial charge in [0.25, 0.3) is 0 Å². The van der Waals surface area contributed by atoms with Crippen molar-refractivity contribution in [3.63, 3.8) is 0 Å². The first-order valence-corrected chi connectivity index (χ1v) is 9.06. The van der Waals surface area contributed by atoms with Crippen LogP contribution in [-0.2, 0) is 10.0 Å². The number of hydrogen-bond acceptors (Lipinski definition) is 5. The molecule has 2 rings (SSSR count). The quantitative estimate of drug-likeness (QED) is 0.818. The zero-order valence-corrected chi connectivity index (χ0v) is 14.4. The molecule has 0 amide bonds. The summed E-state index contributed by atoms with van der Waals surface area (Å²) in [6, 6.07) is 4.81. The van der Waals surface area contributed by atoms with E-state index in [1.807, 2.05) is 0 Å². The van der Waals surface area contributed by atoms with Gasteiger partial charge in [0.1, 0.15) is 17.3 Å². The molecule has 21 heavy (non-hydrogen) atoms. The van der Waals surface area contributed by atoms with Crippen LogP contribution in [0.1, 0.15) is 0 Å². The van der Waals surface area contributed by atoms with E-state index in [-0.39, 0.29) is 4.90 Å². The summed E-state index contributed by atoms with van der Waals surface area (Å²) in [4.78, 5) is 4.59. The molecule has 2 N–H and O–H groups in total. The second-order valence-electron chi connectivity index (χ2n) is 5.13. The molecule has 1 aromatic carbocycles. The van der Waals surface area contributed by atoms with Crippen molar-refractivity contribution in [2.75, 3.05) is 46.4 Å². The molecule has 1 aliphatic rings. The minimum absolute atomic E-state index is 0.00949. The molecule has 1 heterocycles. The van der Waals surface area contributed by atoms with Crippen LogP contribution in [0.3, 0.4) is 0 Å². The first-order chi connectivity index (χ1) is 9.86. The summed E-state index contributed by atoms with van der Waals surface area (Å²) < 4.78 is 29.4. The minimum Gasteiger partial charge on any atom is -0.491 e. The number of nitrogens with two attached hydrogens (primary N) is 1. The smallest absolute Gasteiger partial charge is 0.241 e. The number of nitrogens with zero attached hydrogens (tertiary/aromatic N) is 2. The highest BCUT2D eigenvalue weighted by atomic mass is 79.9. The standard InChI is InChI=1S/C13H20BrN3O3S/c1-16-4-6-17(7-5-16)8-9-20-12-3-2-11(14)10-13(12)21(15,18)19/h2-3,10H,4-9H2,1H3,(H2,15,18,19). The maximum absolute atomic E-state index is 11.6. The fraction of sp³-hybridized carbons (Fsp3) is 0.538. The van der Waals surface area contributed by atoms with Gasteiger partial charge >= 0.3 is 0 Å². The predicted molar refractivity (Wildman–Crippen MR) is 84.9 cm³/mol. The monoisotopic (exact) mass is 377 g/mol. The summed E-state index contributed by atoms with van der Waals surface area (Å²) in [6.45, 7) is 5.30. The van der Waals surface area contributed by atoms with Gasteiger partial charge in [0.05, 0.1) is 0 Å². The van der Waals surface area contributed by atoms with Crippen molar-refractivity contribution in [2.45, 2.75) is 4.90 Å². The number of piperazine rings is 1. The van der Waals surface area contributed by atoms with Crippen LogP contribution in [0.5, 0.6) is 5.75 Å². The Kier molecular flexibility index (Phi) is 5.61. The molecule has 0 aliphatic carbocycles. The van der Waals surface area contributed by atoms with Crippen molar-refractivity contribution in [2.24, 2.45) is 5.14 Å². The van der Waals surface area contributed by atoms with Crippen molar-refractivity contribution < 1.29 is 13.2 Å². The molecule has 118 valence electrons. The van der Waals surface area contributed by atoms with Crippen molar-refractivity contribution >= 4 is 26.0 Å². The lowest BCUT2D eigenvalue weighted by Crippen LogP contribution is -2.45. The molecule has 6 nitrogen and oxygen atoms in total. The van der Waals surface area contributed by atoms with E-state index in [0.717, 1.165) is 32.7 Å². The lowest BCUT2D eigenvalue weighted by molar-refractivity contribution is 0.133. The number of likely N-dealkylation sites (N-methyl/N-ethyl adjacent to an activating group) is 1. The van der Waals surface area contributed by atoms with Crippen LogP contribution in [0.15, 0.2) is 27.6 Å². The Morgan fingerprint density at radius 2 is 1.95 bits per heavy atom. The van der Waals surface area contributed by atoms with Crippen LogP contribution >= 0.6 is 15.9 Å². The second-order valence-corrected chi connectivity index (χ2v) is 7.57. The number of benzene rings is 1. The number of hydrogen-bond donors (Lipinski definition) is 1. The average Bonchev–Trinajstić information content (AvgIpc) is 2.41. The summed E-state index contributed by atoms with van der Waals surface area (Å²) >= 11 is 3.24. The molecule has 0 spiro atoms. The normalized spacial score (nSPS) is 17.9. The van der Waals surface area contributed by atoms with Crippen molar-refractivity contribution in [1.29, 1.82) is 0 Å². The van der Waals surface area contributed by atoms with Gasteiger partial charge in [-0.05, 0) is 25.2 Å². The Labute approximate surface area is 134 Å². The predicted octanol–water partition coefficient (Wildman–Crippen LogP) is 0.723. The average molecular weight is 378 g/mol. The molecule has 1 fully saturated rings. The van der Waals surface area contributed by atoms with Gasteiger partial charge in [-0.1, -0.05) is 15.9 Å². The van der Waals surface area contributed by atoms with Gasteiger partial charge in [-0.2, -0.15) is 0 Å². The third kappa shape index (κ3) is 4.93. The topological polar surface area (TPSA) is 75.9 Å². The van der Waals surface area contributed by atoms with Crippen molar-refractivity contribution in [1.82, 2.24) is 9.80 Å². The van der Waals surface area contributed by atoms with Crippen LogP contribution in [0.4, 0.5) is 0 Å². The molecule has 8 heteroatoms. The number of sulfonamides is 1. The fourth-order valence-corrected chi connectivity index (χ4v) is 3.39. The molecule has 1 saturated heterocycles. The molecule has 1 aliphatic heterocycles. The number of rotatable bonds is 5. The Hall–Kier alpha value is -0.670. The molecule has 0 atom stereocenters. The first-order valence-electron chi connectivity index (χ1n) is 6.72. The zero-order valence-electron chi connectivity index (χ0n) is 12.0. The van der Waals surface area contributed by atoms with E-state index >= 15 is 0 Å². The lowest BCUT2D eigenvalue weighted by atomic mass is 10.3. The van der Waals surface area contributed by atoms with Gasteiger partial charge in [0.15, 0.2) is 0 Å². The largest absolute Gasteiger partial charge is 0.491 e. The van der Waals surface area contributed by atoms with Gasteiger partial charge in [0, 0.05) is 37.2 Å². The third-order valence-corrected chi connectivity index (χ3v) is 4.90. The molecule has 0 aromatic heterocycles. The lowest BCUT2D eigenvalue weighted by Gasteiger charge is -2.32. The van der Waals surface area contributed by atoms with E-state index in [9.17, 15) is 8.42 Å². The van der Waals surface area contributed by atoms with E-state index in [1.165, 1.54) is 6.07 Å². The van der Waals surface area contributed by atoms with Gasteiger partial charge in [-0.3, -0.25) is 4.90 Å². The van der Waals surface area contributed by atoms with Crippen LogP contribution in [0.2, 0.25) is 0 Å². The van der Waals surface area contributed by atoms with Crippen LogP contribution in [-0.4, -0.2) is 64.6 Å². The number of halogens is 1. The SMILES string of the molecule is CN1CCN(CCOc2ccc(Br)cc2S(N)(=O)=O)CC1. The van der Waals surface area contributed by atoms with Crippen LogP contribution < -0.4 is 9.88 Å². The van der Waals surface area contributed by atoms with E-state index in [0.29, 0.717) is 16.8 Å². The highest BCUT2D eigenvalue weighted by molar-refractivity contribution is 9.10. The molecule has 0 saturated carbocycles. The summed E-state index contributed by atoms with van der Waals surface area (Å²) in [5, 5.41) is 5.21. The number of ether oxygens (including phenoxy) is 1. The van der Waals surface area contributed by atoms with Gasteiger partial charge in [-0.15, -0.1) is 0 Å². The fourth-order valence-electron chi connectivity index (χ4n) is 2.18. The van der Waals surface area contributed by atoms with Gasteiger partial charge in [-0.25, -0.2) is 13.6 Å². The highest BCUT2D eigenvalue weighted by Crippen LogP contribution is 2.26. The van der Waals surface area contributed by atoms with E-state index < -0.39 is 10.0 Å². The summed E-state index contributed by atoms with van der Waals surface area (Å²) in [5.41, 5.74) is 0. The maximum Gasteiger partial charge on any atom is 0.241 e. The van der Waals surface area contributed by atoms with Crippen LogP contribution in [0.25, 0.3) is 0 Å². The van der Waals surface area contributed by atoms with Crippen molar-refractivity contribution in [3.05, 3.63) is 22.7 Å². The summed E-state index contributed by atoms with van der Waals surface area (Å²) in [5.74, 6) is 0.301. The molecular weight excluding hydrogens is 358 g/mol. The first kappa shape index (κ1) is 16.7. The Morgan fingerprint density at radius 3 is 2.57 bits per heavy atom. The van der Waals surface area contributed by atoms with E-state index in [4.69, 9.17) is 9.88 Å². The zero-order chi connectivity index (χ0) is 15.5. The maximum atomic E-state index is 11.6. The molecule has 1 aromatic rings. The number of primary sulfonamides is 1. The Morgan fingerprint density at radius 1 is 1.29 bits per heavy atom. The molecule has 0 bridgehead atoms. The molecular formula is C13H20BrN3O3S. The highest BCUT2D eigenvalue weighted by Gasteiger charge is 2.17. The molecule has 0 radical (unpaired) electrons. The summed E-state index contributed by atoms with van der Waals surface area (Å²) in [7, 11) is -1.69. The summed E-state index contributed by atoms with van der Waals surface area (Å²) in [6.07, 6.45) is 0. The minimum atomic E-state index is -3.79. The van der Waals surface area contributed by atoms with Crippen LogP contribution in [0, 0.1) is 0 Å². The van der Waals surface area contributed by atoms with Crippen molar-refractivity contribution in [3.8, 4) is 5.75 Å². The second kappa shape index (κ2) is 7.06. The molecule has 0 unspecified atom stereocenters. The third-order valence-electron chi connectivity index (χ3n) is 3.47. The van der Waals surface area contributed by atoms with E-state index in [2.05, 4.69) is 32.8 Å². The van der Waals surface area contributed by atoms with Gasteiger partial charge < -0.3 is 9.64 Å².